The summed E-state index contributed by atoms with van der Waals surface area (Å²) >= 11 is -3.34. The van der Waals surface area contributed by atoms with Gasteiger partial charge in [0.2, 0.25) is 0 Å². The first-order chi connectivity index (χ1) is 10.2. The number of hydrogen-bond donors (Lipinski definition) is 0. The molecule has 0 aliphatic rings. The van der Waals surface area contributed by atoms with Crippen LogP contribution in [0.3, 0.4) is 0 Å². The van der Waals surface area contributed by atoms with Crippen molar-refractivity contribution in [2.45, 2.75) is 79.1 Å². The van der Waals surface area contributed by atoms with Crippen LogP contribution in [0.4, 0.5) is 0 Å². The molecule has 1 radical (unpaired) electrons. The molecule has 0 amide bonds. The van der Waals surface area contributed by atoms with Crippen LogP contribution in [0.1, 0.15) is 79.1 Å². The molecule has 0 N–H and O–H groups in total. The first-order valence-electron chi connectivity index (χ1n) is 8.71. The minimum absolute atomic E-state index is 0. The molecule has 6 heteroatoms. The number of hydrogen-bond acceptors (Lipinski definition) is 4. The normalized spacial score (nSPS) is 11.5. The Morgan fingerprint density at radius 3 is 0.909 bits per heavy atom. The molecule has 0 saturated heterocycles. The Hall–Kier alpha value is 1.01. The van der Waals surface area contributed by atoms with Crippen LogP contribution >= 0.6 is 0 Å². The molecule has 0 aliphatic carbocycles. The van der Waals surface area contributed by atoms with Crippen LogP contribution in [-0.2, 0) is 48.6 Å². The molecule has 4 nitrogen and oxygen atoms in total. The summed E-state index contributed by atoms with van der Waals surface area (Å²) in [5.74, 6) is 0. The van der Waals surface area contributed by atoms with Gasteiger partial charge < -0.3 is 0 Å². The van der Waals surface area contributed by atoms with Crippen LogP contribution in [0.15, 0.2) is 0 Å². The summed E-state index contributed by atoms with van der Waals surface area (Å²) in [6.45, 7) is 11.3. The van der Waals surface area contributed by atoms with Crippen molar-refractivity contribution in [3.63, 3.8) is 0 Å². The average Bonchev–Trinajstić information content (AvgIpc) is 2.48. The zero-order valence-electron chi connectivity index (χ0n) is 15.0. The molecule has 0 rings (SSSR count). The molecule has 0 unspecified atom stereocenters. The Bertz CT molecular complexity index is 173. The van der Waals surface area contributed by atoms with E-state index in [4.69, 9.17) is 14.6 Å². The van der Waals surface area contributed by atoms with Gasteiger partial charge in [-0.25, -0.2) is 0 Å². The molecule has 0 aromatic heterocycles. The van der Waals surface area contributed by atoms with E-state index in [-0.39, 0.29) is 18.6 Å². The van der Waals surface area contributed by atoms with Crippen LogP contribution < -0.4 is 0 Å². The van der Waals surface area contributed by atoms with Crippen molar-refractivity contribution in [2.75, 3.05) is 26.4 Å². The van der Waals surface area contributed by atoms with Crippen molar-refractivity contribution in [1.29, 1.82) is 0 Å². The molecule has 0 aromatic rings. The molecule has 0 aromatic carbocycles. The van der Waals surface area contributed by atoms with Crippen molar-refractivity contribution in [2.24, 2.45) is 0 Å². The first-order valence-corrected chi connectivity index (χ1v) is 11.0. The van der Waals surface area contributed by atoms with Crippen LogP contribution in [0.25, 0.3) is 0 Å². The largest absolute Gasteiger partial charge is 0 e. The Morgan fingerprint density at radius 2 is 0.727 bits per heavy atom. The SMILES string of the molecule is CCCC[O][V]([O]CCCC)([O]CCCC)[O]CCCC.[V]. The third kappa shape index (κ3) is 13.4. The van der Waals surface area contributed by atoms with Gasteiger partial charge in [-0.15, -0.1) is 0 Å². The second-order valence-electron chi connectivity index (χ2n) is 5.19. The van der Waals surface area contributed by atoms with Gasteiger partial charge >= 0.3 is 136 Å². The summed E-state index contributed by atoms with van der Waals surface area (Å²) in [6, 6.07) is 0. The molecule has 0 fully saturated rings. The van der Waals surface area contributed by atoms with E-state index in [1.807, 2.05) is 0 Å². The Labute approximate surface area is 154 Å². The monoisotopic (exact) mass is 394 g/mol. The van der Waals surface area contributed by atoms with Gasteiger partial charge in [0.05, 0.1) is 0 Å². The predicted molar refractivity (Wildman–Crippen MR) is 83.4 cm³/mol. The van der Waals surface area contributed by atoms with Crippen LogP contribution in [0, 0.1) is 0 Å². The van der Waals surface area contributed by atoms with E-state index in [2.05, 4.69) is 27.7 Å². The van der Waals surface area contributed by atoms with Gasteiger partial charge in [-0.2, -0.15) is 0 Å². The first kappa shape index (κ1) is 25.3. The van der Waals surface area contributed by atoms with Gasteiger partial charge in [0.25, 0.3) is 0 Å². The molecule has 0 bridgehead atoms. The average molecular weight is 394 g/mol. The fourth-order valence-electron chi connectivity index (χ4n) is 1.51. The van der Waals surface area contributed by atoms with Crippen LogP contribution in [-0.4, -0.2) is 26.4 Å². The van der Waals surface area contributed by atoms with Gasteiger partial charge in [0.15, 0.2) is 0 Å². The molecule has 0 heterocycles. The second-order valence-corrected chi connectivity index (χ2v) is 8.20. The fourth-order valence-corrected chi connectivity index (χ4v) is 4.41. The quantitative estimate of drug-likeness (QED) is 0.343. The molecule has 22 heavy (non-hydrogen) atoms. The van der Waals surface area contributed by atoms with Crippen molar-refractivity contribution >= 4 is 0 Å². The number of unbranched alkanes of at least 4 members (excludes halogenated alkanes) is 4. The van der Waals surface area contributed by atoms with E-state index in [1.165, 1.54) is 0 Å². The molecule has 0 spiro atoms. The van der Waals surface area contributed by atoms with Crippen molar-refractivity contribution in [3.8, 4) is 0 Å². The molecular weight excluding hydrogens is 358 g/mol. The molecule has 134 valence electrons. The Morgan fingerprint density at radius 1 is 0.500 bits per heavy atom. The van der Waals surface area contributed by atoms with Gasteiger partial charge in [-0.3, -0.25) is 0 Å². The maximum Gasteiger partial charge on any atom is 0 e. The van der Waals surface area contributed by atoms with Crippen LogP contribution in [0.2, 0.25) is 0 Å². The summed E-state index contributed by atoms with van der Waals surface area (Å²) in [6.07, 6.45) is 8.51. The minimum atomic E-state index is -3.34. The van der Waals surface area contributed by atoms with Crippen molar-refractivity contribution in [1.82, 2.24) is 0 Å². The van der Waals surface area contributed by atoms with E-state index in [0.29, 0.717) is 26.4 Å². The predicted octanol–water partition coefficient (Wildman–Crippen LogP) is 5.06. The summed E-state index contributed by atoms with van der Waals surface area (Å²) in [7, 11) is 0. The smallest absolute Gasteiger partial charge is 0 e. The van der Waals surface area contributed by atoms with Gasteiger partial charge in [-0.05, 0) is 0 Å². The third-order valence-electron chi connectivity index (χ3n) is 2.99. The molecule has 0 atom stereocenters. The summed E-state index contributed by atoms with van der Waals surface area (Å²) in [5.41, 5.74) is 0. The Kier molecular flexibility index (Phi) is 21.1. The summed E-state index contributed by atoms with van der Waals surface area (Å²) in [4.78, 5) is 0. The van der Waals surface area contributed by atoms with E-state index in [9.17, 15) is 0 Å². The van der Waals surface area contributed by atoms with Gasteiger partial charge in [0, 0.05) is 18.6 Å². The summed E-state index contributed by atoms with van der Waals surface area (Å²) < 4.78 is 24.1. The summed E-state index contributed by atoms with van der Waals surface area (Å²) in [5, 5.41) is 0. The van der Waals surface area contributed by atoms with Crippen molar-refractivity contribution < 1.29 is 48.6 Å². The minimum Gasteiger partial charge on any atom is 0 e. The molecule has 0 saturated carbocycles. The zero-order valence-corrected chi connectivity index (χ0v) is 17.8. The second kappa shape index (κ2) is 18.3. The standard InChI is InChI=1S/4C4H9O.2V/c4*1-2-3-4-5;;/h4*2-4H2,1H3;;/q4*-1;;+4. The fraction of sp³-hybridized carbons (Fsp3) is 1.00. The van der Waals surface area contributed by atoms with E-state index in [1.54, 1.807) is 0 Å². The maximum atomic E-state index is 6.02. The van der Waals surface area contributed by atoms with Crippen LogP contribution in [0.5, 0.6) is 0 Å². The van der Waals surface area contributed by atoms with Crippen molar-refractivity contribution in [3.05, 3.63) is 0 Å². The topological polar surface area (TPSA) is 36.9 Å². The third-order valence-corrected chi connectivity index (χ3v) is 6.10. The number of rotatable bonds is 16. The zero-order chi connectivity index (χ0) is 15.8. The van der Waals surface area contributed by atoms with E-state index in [0.717, 1.165) is 51.4 Å². The van der Waals surface area contributed by atoms with Gasteiger partial charge in [0.1, 0.15) is 0 Å². The van der Waals surface area contributed by atoms with E-state index < -0.39 is 15.4 Å². The van der Waals surface area contributed by atoms with Gasteiger partial charge in [-0.1, -0.05) is 0 Å². The van der Waals surface area contributed by atoms with E-state index >= 15 is 0 Å². The Balaban J connectivity index is 0. The molecular formula is C16H36O4V2. The maximum absolute atomic E-state index is 6.02. The molecule has 0 aliphatic heterocycles.